The summed E-state index contributed by atoms with van der Waals surface area (Å²) in [6.07, 6.45) is 1.62. The van der Waals surface area contributed by atoms with E-state index in [1.165, 1.54) is 6.07 Å². The molecule has 2 N–H and O–H groups in total. The Morgan fingerprint density at radius 3 is 2.59 bits per heavy atom. The van der Waals surface area contributed by atoms with Crippen molar-refractivity contribution in [2.75, 3.05) is 0 Å². The first kappa shape index (κ1) is 14.6. The van der Waals surface area contributed by atoms with E-state index in [-0.39, 0.29) is 11.6 Å². The topological polar surface area (TPSA) is 92.4 Å². The van der Waals surface area contributed by atoms with Gasteiger partial charge in [0, 0.05) is 16.7 Å². The van der Waals surface area contributed by atoms with E-state index in [0.29, 0.717) is 10.8 Å². The van der Waals surface area contributed by atoms with Gasteiger partial charge in [0.2, 0.25) is 0 Å². The second-order valence-electron chi connectivity index (χ2n) is 5.21. The maximum Gasteiger partial charge on any atom is 0.326 e. The zero-order chi connectivity index (χ0) is 15.7. The molecule has 1 amide bonds. The number of carboxylic acids is 1. The molecule has 0 radical (unpaired) electrons. The van der Waals surface area contributed by atoms with Gasteiger partial charge in [-0.25, -0.2) is 4.79 Å². The van der Waals surface area contributed by atoms with Gasteiger partial charge >= 0.3 is 5.97 Å². The molecule has 0 saturated heterocycles. The number of hydrogen-bond acceptors (Lipinski definition) is 4. The molecule has 1 atom stereocenters. The summed E-state index contributed by atoms with van der Waals surface area (Å²) in [5.74, 6) is -1.16. The van der Waals surface area contributed by atoms with Crippen LogP contribution in [0.5, 0.6) is 0 Å². The normalized spacial score (nSPS) is 15.3. The lowest BCUT2D eigenvalue weighted by Crippen LogP contribution is -2.42. The zero-order valence-corrected chi connectivity index (χ0v) is 12.2. The molecule has 1 aliphatic carbocycles. The summed E-state index contributed by atoms with van der Waals surface area (Å²) in [6.45, 7) is 0. The Balaban J connectivity index is 1.74. The molecule has 1 saturated carbocycles. The van der Waals surface area contributed by atoms with E-state index in [9.17, 15) is 9.59 Å². The van der Waals surface area contributed by atoms with Gasteiger partial charge in [-0.3, -0.25) is 4.79 Å². The van der Waals surface area contributed by atoms with Crippen molar-refractivity contribution in [2.45, 2.75) is 18.9 Å². The quantitative estimate of drug-likeness (QED) is 0.883. The molecule has 22 heavy (non-hydrogen) atoms. The van der Waals surface area contributed by atoms with Crippen molar-refractivity contribution in [1.29, 1.82) is 0 Å². The average Bonchev–Trinajstić information content (AvgIpc) is 3.21. The van der Waals surface area contributed by atoms with Crippen molar-refractivity contribution < 1.29 is 19.2 Å². The van der Waals surface area contributed by atoms with Gasteiger partial charge in [-0.15, -0.1) is 0 Å². The monoisotopic (exact) mass is 320 g/mol. The fourth-order valence-electron chi connectivity index (χ4n) is 2.16. The summed E-state index contributed by atoms with van der Waals surface area (Å²) in [6, 6.07) is 7.50. The summed E-state index contributed by atoms with van der Waals surface area (Å²) in [5, 5.41) is 15.9. The van der Waals surface area contributed by atoms with Gasteiger partial charge in [0.05, 0.1) is 0 Å². The van der Waals surface area contributed by atoms with Crippen LogP contribution >= 0.6 is 11.6 Å². The van der Waals surface area contributed by atoms with Crippen LogP contribution in [0.1, 0.15) is 23.3 Å². The van der Waals surface area contributed by atoms with Crippen LogP contribution in [0, 0.1) is 5.92 Å². The minimum Gasteiger partial charge on any atom is -0.480 e. The molecule has 1 unspecified atom stereocenters. The fraction of sp³-hybridized carbons (Fsp3) is 0.267. The zero-order valence-electron chi connectivity index (χ0n) is 11.5. The second-order valence-corrected chi connectivity index (χ2v) is 5.65. The number of rotatable bonds is 5. The van der Waals surface area contributed by atoms with Crippen molar-refractivity contribution in [1.82, 2.24) is 10.5 Å². The summed E-state index contributed by atoms with van der Waals surface area (Å²) in [5.41, 5.74) is 0.782. The molecule has 1 aromatic carbocycles. The second kappa shape index (κ2) is 5.81. The molecule has 0 aliphatic heterocycles. The van der Waals surface area contributed by atoms with E-state index >= 15 is 0 Å². The number of carboxylic acid groups (broad SMARTS) is 1. The molecule has 3 rings (SSSR count). The summed E-state index contributed by atoms with van der Waals surface area (Å²) >= 11 is 5.81. The predicted molar refractivity (Wildman–Crippen MR) is 78.6 cm³/mol. The van der Waals surface area contributed by atoms with Crippen LogP contribution < -0.4 is 5.32 Å². The molecule has 1 fully saturated rings. The van der Waals surface area contributed by atoms with E-state index < -0.39 is 17.9 Å². The standard InChI is InChI=1S/C15H13ClN2O4/c16-10-5-3-8(4-6-10)12-7-11(18-22-12)14(19)17-13(15(20)21)9-1-2-9/h3-7,9,13H,1-2H2,(H,17,19)(H,20,21). The first-order valence-electron chi connectivity index (χ1n) is 6.81. The molecule has 0 spiro atoms. The molecule has 7 heteroatoms. The highest BCUT2D eigenvalue weighted by molar-refractivity contribution is 6.30. The van der Waals surface area contributed by atoms with E-state index in [0.717, 1.165) is 18.4 Å². The van der Waals surface area contributed by atoms with Crippen molar-refractivity contribution in [3.8, 4) is 11.3 Å². The summed E-state index contributed by atoms with van der Waals surface area (Å²) in [7, 11) is 0. The number of carbonyl (C=O) groups is 2. The fourth-order valence-corrected chi connectivity index (χ4v) is 2.28. The smallest absolute Gasteiger partial charge is 0.326 e. The number of nitrogens with one attached hydrogen (secondary N) is 1. The number of halogens is 1. The third kappa shape index (κ3) is 3.12. The van der Waals surface area contributed by atoms with Crippen LogP contribution in [0.15, 0.2) is 34.9 Å². The van der Waals surface area contributed by atoms with Crippen LogP contribution in [-0.2, 0) is 4.79 Å². The van der Waals surface area contributed by atoms with Gasteiger partial charge in [-0.05, 0) is 43.0 Å². The first-order chi connectivity index (χ1) is 10.5. The Morgan fingerprint density at radius 1 is 1.32 bits per heavy atom. The van der Waals surface area contributed by atoms with Crippen LogP contribution in [0.4, 0.5) is 0 Å². The molecular weight excluding hydrogens is 308 g/mol. The number of benzene rings is 1. The van der Waals surface area contributed by atoms with Gasteiger partial charge in [0.25, 0.3) is 5.91 Å². The Hall–Kier alpha value is -2.34. The largest absolute Gasteiger partial charge is 0.480 e. The number of nitrogens with zero attached hydrogens (tertiary/aromatic N) is 1. The van der Waals surface area contributed by atoms with Crippen molar-refractivity contribution in [3.05, 3.63) is 41.0 Å². The third-order valence-electron chi connectivity index (χ3n) is 3.52. The Morgan fingerprint density at radius 2 is 2.00 bits per heavy atom. The minimum atomic E-state index is -1.03. The minimum absolute atomic E-state index is 0.00378. The molecule has 1 aromatic heterocycles. The van der Waals surface area contributed by atoms with E-state index in [1.807, 2.05) is 0 Å². The summed E-state index contributed by atoms with van der Waals surface area (Å²) < 4.78 is 5.13. The third-order valence-corrected chi connectivity index (χ3v) is 3.77. The first-order valence-corrected chi connectivity index (χ1v) is 7.19. The highest BCUT2D eigenvalue weighted by atomic mass is 35.5. The van der Waals surface area contributed by atoms with Gasteiger partial charge in [-0.1, -0.05) is 16.8 Å². The van der Waals surface area contributed by atoms with Crippen LogP contribution in [0.2, 0.25) is 5.02 Å². The van der Waals surface area contributed by atoms with Crippen LogP contribution in [-0.4, -0.2) is 28.2 Å². The molecule has 114 valence electrons. The molecule has 1 heterocycles. The molecule has 2 aromatic rings. The molecule has 0 bridgehead atoms. The highest BCUT2D eigenvalue weighted by Gasteiger charge is 2.37. The lowest BCUT2D eigenvalue weighted by molar-refractivity contribution is -0.139. The molecule has 6 nitrogen and oxygen atoms in total. The Kier molecular flexibility index (Phi) is 3.85. The molecule has 1 aliphatic rings. The number of hydrogen-bond donors (Lipinski definition) is 2. The van der Waals surface area contributed by atoms with Gasteiger partial charge in [0.15, 0.2) is 11.5 Å². The Bertz CT molecular complexity index is 707. The van der Waals surface area contributed by atoms with Gasteiger partial charge < -0.3 is 14.9 Å². The van der Waals surface area contributed by atoms with E-state index in [4.69, 9.17) is 21.2 Å². The highest BCUT2D eigenvalue weighted by Crippen LogP contribution is 2.33. The van der Waals surface area contributed by atoms with Crippen LogP contribution in [0.3, 0.4) is 0 Å². The maximum absolute atomic E-state index is 12.1. The molecular formula is C15H13ClN2O4. The predicted octanol–water partition coefficient (Wildman–Crippen LogP) is 2.59. The van der Waals surface area contributed by atoms with Crippen molar-refractivity contribution in [2.24, 2.45) is 5.92 Å². The van der Waals surface area contributed by atoms with Gasteiger partial charge in [0.1, 0.15) is 6.04 Å². The number of carbonyl (C=O) groups excluding carboxylic acids is 1. The van der Waals surface area contributed by atoms with Gasteiger partial charge in [-0.2, -0.15) is 0 Å². The Labute approximate surface area is 131 Å². The number of aliphatic carboxylic acids is 1. The number of aromatic nitrogens is 1. The summed E-state index contributed by atoms with van der Waals surface area (Å²) in [4.78, 5) is 23.2. The average molecular weight is 321 g/mol. The van der Waals surface area contributed by atoms with Crippen molar-refractivity contribution in [3.63, 3.8) is 0 Å². The van der Waals surface area contributed by atoms with Crippen LogP contribution in [0.25, 0.3) is 11.3 Å². The maximum atomic E-state index is 12.1. The van der Waals surface area contributed by atoms with Crippen molar-refractivity contribution >= 4 is 23.5 Å². The lowest BCUT2D eigenvalue weighted by atomic mass is 10.1. The SMILES string of the molecule is O=C(NC(C(=O)O)C1CC1)c1cc(-c2ccc(Cl)cc2)on1. The van der Waals surface area contributed by atoms with E-state index in [1.54, 1.807) is 24.3 Å². The van der Waals surface area contributed by atoms with E-state index in [2.05, 4.69) is 10.5 Å². The number of amides is 1. The lowest BCUT2D eigenvalue weighted by Gasteiger charge is -2.11.